The minimum Gasteiger partial charge on any atom is -0.382 e. The number of nitrogens with two attached hydrogens (primary N) is 1. The summed E-state index contributed by atoms with van der Waals surface area (Å²) in [7, 11) is -3.35. The molecule has 6 nitrogen and oxygen atoms in total. The van der Waals surface area contributed by atoms with Gasteiger partial charge >= 0.3 is 0 Å². The van der Waals surface area contributed by atoms with Crippen LogP contribution in [-0.2, 0) is 14.6 Å². The second-order valence-corrected chi connectivity index (χ2v) is 7.74. The second-order valence-electron chi connectivity index (χ2n) is 4.77. The molecule has 1 atom stereocenters. The van der Waals surface area contributed by atoms with Gasteiger partial charge in [0, 0.05) is 19.7 Å². The highest BCUT2D eigenvalue weighted by Gasteiger charge is 2.30. The molecule has 0 aromatic carbocycles. The quantitative estimate of drug-likeness (QED) is 0.885. The Morgan fingerprint density at radius 3 is 2.90 bits per heavy atom. The van der Waals surface area contributed by atoms with Crippen molar-refractivity contribution < 1.29 is 13.2 Å². The molecular weight excluding hydrogens is 298 g/mol. The van der Waals surface area contributed by atoms with Crippen molar-refractivity contribution in [3.8, 4) is 0 Å². The molecule has 20 heavy (non-hydrogen) atoms. The monoisotopic (exact) mass is 319 g/mol. The van der Waals surface area contributed by atoms with Crippen LogP contribution in [0.3, 0.4) is 0 Å². The fraction of sp³-hybridized carbons (Fsp3) is 0.750. The molecule has 0 aliphatic carbocycles. The summed E-state index contributed by atoms with van der Waals surface area (Å²) in [6.07, 6.45) is 2.14. The normalized spacial score (nSPS) is 20.3. The van der Waals surface area contributed by atoms with Crippen molar-refractivity contribution in [3.05, 3.63) is 0 Å². The Kier molecular flexibility index (Phi) is 4.87. The maximum absolute atomic E-state index is 12.2. The van der Waals surface area contributed by atoms with Crippen LogP contribution in [0, 0.1) is 0 Å². The van der Waals surface area contributed by atoms with Crippen molar-refractivity contribution in [1.29, 1.82) is 0 Å². The summed E-state index contributed by atoms with van der Waals surface area (Å²) < 4.78 is 34.1. The maximum Gasteiger partial charge on any atom is 0.184 e. The van der Waals surface area contributed by atoms with Crippen LogP contribution >= 0.6 is 11.5 Å². The van der Waals surface area contributed by atoms with Crippen LogP contribution in [0.2, 0.25) is 0 Å². The lowest BCUT2D eigenvalue weighted by Crippen LogP contribution is -2.40. The minimum absolute atomic E-state index is 0.0331. The third-order valence-corrected chi connectivity index (χ3v) is 6.25. The third kappa shape index (κ3) is 3.07. The fourth-order valence-electron chi connectivity index (χ4n) is 2.42. The first-order chi connectivity index (χ1) is 9.49. The van der Waals surface area contributed by atoms with Crippen molar-refractivity contribution in [2.75, 3.05) is 36.1 Å². The number of aromatic nitrogens is 1. The van der Waals surface area contributed by atoms with E-state index >= 15 is 0 Å². The Morgan fingerprint density at radius 2 is 2.25 bits per heavy atom. The molecule has 1 aliphatic heterocycles. The molecule has 2 heterocycles. The third-order valence-electron chi connectivity index (χ3n) is 3.42. The largest absolute Gasteiger partial charge is 0.382 e. The van der Waals surface area contributed by atoms with Gasteiger partial charge in [-0.25, -0.2) is 8.42 Å². The average molecular weight is 319 g/mol. The molecular formula is C12H21N3O3S2. The molecule has 1 aromatic heterocycles. The highest BCUT2D eigenvalue weighted by atomic mass is 32.2. The van der Waals surface area contributed by atoms with Crippen LogP contribution in [0.1, 0.15) is 26.7 Å². The smallest absolute Gasteiger partial charge is 0.184 e. The van der Waals surface area contributed by atoms with Crippen molar-refractivity contribution in [2.24, 2.45) is 0 Å². The number of rotatable bonds is 5. The summed E-state index contributed by atoms with van der Waals surface area (Å²) in [5.74, 6) is 0.149. The summed E-state index contributed by atoms with van der Waals surface area (Å²) in [5, 5.41) is 0.661. The van der Waals surface area contributed by atoms with Crippen LogP contribution in [0.4, 0.5) is 10.8 Å². The van der Waals surface area contributed by atoms with Gasteiger partial charge in [-0.05, 0) is 31.3 Å². The van der Waals surface area contributed by atoms with Crippen LogP contribution in [0.5, 0.6) is 0 Å². The number of nitrogens with zero attached hydrogens (tertiary/aromatic N) is 2. The standard InChI is InChI=1S/C12H21N3O3S2/c1-3-18-9-6-5-7-15(8-9)12-10(11(13)14-19-12)20(16,17)4-2/h9H,3-8H2,1-2H3,(H2,13,14). The van der Waals surface area contributed by atoms with E-state index < -0.39 is 9.84 Å². The lowest BCUT2D eigenvalue weighted by molar-refractivity contribution is 0.0527. The fourth-order valence-corrected chi connectivity index (χ4v) is 4.76. The van der Waals surface area contributed by atoms with E-state index in [1.807, 2.05) is 11.8 Å². The summed E-state index contributed by atoms with van der Waals surface area (Å²) in [6.45, 7) is 5.77. The molecule has 2 rings (SSSR count). The number of sulfone groups is 1. The van der Waals surface area contributed by atoms with Crippen molar-refractivity contribution >= 4 is 32.2 Å². The molecule has 1 aliphatic rings. The van der Waals surface area contributed by atoms with E-state index in [-0.39, 0.29) is 22.6 Å². The molecule has 0 spiro atoms. The van der Waals surface area contributed by atoms with Gasteiger partial charge in [0.05, 0.1) is 11.9 Å². The van der Waals surface area contributed by atoms with E-state index in [1.54, 1.807) is 6.92 Å². The zero-order valence-electron chi connectivity index (χ0n) is 11.8. The van der Waals surface area contributed by atoms with E-state index in [1.165, 1.54) is 0 Å². The zero-order valence-corrected chi connectivity index (χ0v) is 13.5. The molecule has 8 heteroatoms. The van der Waals surface area contributed by atoms with Gasteiger partial charge in [0.1, 0.15) is 9.90 Å². The van der Waals surface area contributed by atoms with Crippen LogP contribution in [-0.4, -0.2) is 44.3 Å². The molecule has 0 radical (unpaired) electrons. The van der Waals surface area contributed by atoms with Gasteiger partial charge in [0.2, 0.25) is 0 Å². The van der Waals surface area contributed by atoms with Gasteiger partial charge < -0.3 is 15.4 Å². The number of hydrogen-bond acceptors (Lipinski definition) is 7. The summed E-state index contributed by atoms with van der Waals surface area (Å²) in [6, 6.07) is 0. The second kappa shape index (κ2) is 6.28. The number of piperidine rings is 1. The van der Waals surface area contributed by atoms with Crippen LogP contribution in [0.25, 0.3) is 0 Å². The maximum atomic E-state index is 12.2. The van der Waals surface area contributed by atoms with E-state index in [0.717, 1.165) is 30.9 Å². The van der Waals surface area contributed by atoms with E-state index in [2.05, 4.69) is 4.37 Å². The van der Waals surface area contributed by atoms with Gasteiger partial charge in [-0.2, -0.15) is 4.37 Å². The molecule has 1 aromatic rings. The minimum atomic E-state index is -3.35. The Morgan fingerprint density at radius 1 is 1.50 bits per heavy atom. The highest BCUT2D eigenvalue weighted by molar-refractivity contribution is 7.91. The molecule has 0 saturated carbocycles. The predicted molar refractivity (Wildman–Crippen MR) is 81.1 cm³/mol. The Bertz CT molecular complexity index is 554. The van der Waals surface area contributed by atoms with Crippen LogP contribution < -0.4 is 10.6 Å². The molecule has 114 valence electrons. The summed E-state index contributed by atoms with van der Waals surface area (Å²) in [5.41, 5.74) is 5.77. The molecule has 1 unspecified atom stereocenters. The molecule has 0 bridgehead atoms. The van der Waals surface area contributed by atoms with Gasteiger partial charge in [0.25, 0.3) is 0 Å². The lowest BCUT2D eigenvalue weighted by Gasteiger charge is -2.33. The highest BCUT2D eigenvalue weighted by Crippen LogP contribution is 2.36. The topological polar surface area (TPSA) is 85.5 Å². The Hall–Kier alpha value is -0.860. The lowest BCUT2D eigenvalue weighted by atomic mass is 10.1. The first kappa shape index (κ1) is 15.5. The molecule has 1 saturated heterocycles. The van der Waals surface area contributed by atoms with Gasteiger partial charge in [-0.1, -0.05) is 6.92 Å². The summed E-state index contributed by atoms with van der Waals surface area (Å²) in [4.78, 5) is 2.24. The van der Waals surface area contributed by atoms with Crippen molar-refractivity contribution in [1.82, 2.24) is 4.37 Å². The van der Waals surface area contributed by atoms with E-state index in [9.17, 15) is 8.42 Å². The zero-order chi connectivity index (χ0) is 14.8. The first-order valence-electron chi connectivity index (χ1n) is 6.84. The number of hydrogen-bond donors (Lipinski definition) is 1. The van der Waals surface area contributed by atoms with Crippen LogP contribution in [0.15, 0.2) is 4.90 Å². The van der Waals surface area contributed by atoms with Gasteiger partial charge in [-0.3, -0.25) is 0 Å². The average Bonchev–Trinajstić information content (AvgIpc) is 2.82. The number of anilines is 2. The Labute approximate surface area is 124 Å². The van der Waals surface area contributed by atoms with Crippen molar-refractivity contribution in [2.45, 2.75) is 37.7 Å². The molecule has 2 N–H and O–H groups in total. The summed E-state index contributed by atoms with van der Waals surface area (Å²) >= 11 is 1.16. The van der Waals surface area contributed by atoms with Gasteiger partial charge in [-0.15, -0.1) is 0 Å². The van der Waals surface area contributed by atoms with E-state index in [4.69, 9.17) is 10.5 Å². The molecule has 1 fully saturated rings. The van der Waals surface area contributed by atoms with Crippen molar-refractivity contribution in [3.63, 3.8) is 0 Å². The number of ether oxygens (including phenoxy) is 1. The SMILES string of the molecule is CCOC1CCCN(c2snc(N)c2S(=O)(=O)CC)C1. The number of nitrogen functional groups attached to an aromatic ring is 1. The van der Waals surface area contributed by atoms with E-state index in [0.29, 0.717) is 18.2 Å². The Balaban J connectivity index is 2.29. The van der Waals surface area contributed by atoms with Gasteiger partial charge in [0.15, 0.2) is 15.7 Å². The first-order valence-corrected chi connectivity index (χ1v) is 9.26. The predicted octanol–water partition coefficient (Wildman–Crippen LogP) is 1.52. The molecule has 0 amide bonds.